The SMILES string of the molecule is O=C(S)N1CCN(c2ccc3ncc(Br)n3n2)CC1. The third-order valence-electron chi connectivity index (χ3n) is 3.18. The van der Waals surface area contributed by atoms with Crippen LogP contribution in [0.2, 0.25) is 0 Å². The van der Waals surface area contributed by atoms with E-state index < -0.39 is 0 Å². The highest BCUT2D eigenvalue weighted by Gasteiger charge is 2.20. The Morgan fingerprint density at radius 2 is 2.00 bits per heavy atom. The monoisotopic (exact) mass is 341 g/mol. The van der Waals surface area contributed by atoms with E-state index in [4.69, 9.17) is 0 Å². The van der Waals surface area contributed by atoms with Crippen molar-refractivity contribution in [3.05, 3.63) is 22.9 Å². The molecule has 1 amide bonds. The quantitative estimate of drug-likeness (QED) is 0.801. The fraction of sp³-hybridized carbons (Fsp3) is 0.364. The van der Waals surface area contributed by atoms with Gasteiger partial charge in [0.05, 0.1) is 6.20 Å². The number of fused-ring (bicyclic) bond motifs is 1. The van der Waals surface area contributed by atoms with Crippen LogP contribution in [-0.4, -0.2) is 50.9 Å². The van der Waals surface area contributed by atoms with E-state index >= 15 is 0 Å². The van der Waals surface area contributed by atoms with E-state index in [2.05, 4.69) is 43.5 Å². The molecule has 8 heteroatoms. The van der Waals surface area contributed by atoms with Crippen LogP contribution in [-0.2, 0) is 0 Å². The van der Waals surface area contributed by atoms with Gasteiger partial charge >= 0.3 is 0 Å². The number of halogens is 1. The molecule has 0 aromatic carbocycles. The Balaban J connectivity index is 1.81. The predicted molar refractivity (Wildman–Crippen MR) is 78.9 cm³/mol. The van der Waals surface area contributed by atoms with Gasteiger partial charge in [-0.3, -0.25) is 4.79 Å². The number of thiol groups is 1. The number of amides is 1. The van der Waals surface area contributed by atoms with Crippen LogP contribution in [0.1, 0.15) is 0 Å². The first-order chi connectivity index (χ1) is 9.15. The summed E-state index contributed by atoms with van der Waals surface area (Å²) in [6.07, 6.45) is 1.73. The Morgan fingerprint density at radius 1 is 1.26 bits per heavy atom. The number of hydrogen-bond donors (Lipinski definition) is 1. The average molecular weight is 342 g/mol. The first-order valence-corrected chi connectivity index (χ1v) is 7.12. The molecule has 2 aromatic rings. The number of anilines is 1. The van der Waals surface area contributed by atoms with E-state index in [9.17, 15) is 4.79 Å². The molecular weight excluding hydrogens is 330 g/mol. The lowest BCUT2D eigenvalue weighted by molar-refractivity contribution is 0.220. The zero-order valence-electron chi connectivity index (χ0n) is 10.0. The molecule has 0 atom stereocenters. The molecule has 1 aliphatic heterocycles. The first kappa shape index (κ1) is 12.7. The molecule has 0 radical (unpaired) electrons. The second kappa shape index (κ2) is 5.01. The van der Waals surface area contributed by atoms with E-state index in [0.717, 1.165) is 29.2 Å². The van der Waals surface area contributed by atoms with Crippen molar-refractivity contribution >= 4 is 45.3 Å². The van der Waals surface area contributed by atoms with Crippen LogP contribution in [0.15, 0.2) is 22.9 Å². The van der Waals surface area contributed by atoms with Crippen molar-refractivity contribution in [2.24, 2.45) is 0 Å². The maximum Gasteiger partial charge on any atom is 0.278 e. The molecule has 1 saturated heterocycles. The summed E-state index contributed by atoms with van der Waals surface area (Å²) >= 11 is 7.26. The van der Waals surface area contributed by atoms with Crippen LogP contribution in [0.25, 0.3) is 5.65 Å². The zero-order chi connectivity index (χ0) is 13.4. The van der Waals surface area contributed by atoms with Gasteiger partial charge in [0.2, 0.25) is 0 Å². The van der Waals surface area contributed by atoms with Gasteiger partial charge in [-0.15, -0.1) is 5.10 Å². The lowest BCUT2D eigenvalue weighted by atomic mass is 10.3. The fourth-order valence-electron chi connectivity index (χ4n) is 2.13. The number of nitrogens with zero attached hydrogens (tertiary/aromatic N) is 5. The molecule has 0 N–H and O–H groups in total. The summed E-state index contributed by atoms with van der Waals surface area (Å²) in [5.74, 6) is 0.887. The number of carbonyl (C=O) groups is 1. The summed E-state index contributed by atoms with van der Waals surface area (Å²) in [6.45, 7) is 2.87. The summed E-state index contributed by atoms with van der Waals surface area (Å²) in [5.41, 5.74) is 0.805. The van der Waals surface area contributed by atoms with Crippen molar-refractivity contribution in [2.75, 3.05) is 31.1 Å². The minimum atomic E-state index is -0.166. The highest BCUT2D eigenvalue weighted by molar-refractivity contribution is 9.10. The maximum atomic E-state index is 11.2. The van der Waals surface area contributed by atoms with Gasteiger partial charge in [-0.25, -0.2) is 9.50 Å². The van der Waals surface area contributed by atoms with Crippen molar-refractivity contribution < 1.29 is 4.79 Å². The predicted octanol–water partition coefficient (Wildman–Crippen LogP) is 1.66. The molecule has 0 aliphatic carbocycles. The summed E-state index contributed by atoms with van der Waals surface area (Å²) in [7, 11) is 0. The molecule has 19 heavy (non-hydrogen) atoms. The number of carbonyl (C=O) groups excluding carboxylic acids is 1. The Morgan fingerprint density at radius 3 is 2.68 bits per heavy atom. The van der Waals surface area contributed by atoms with Crippen LogP contribution < -0.4 is 4.90 Å². The average Bonchev–Trinajstić information content (AvgIpc) is 2.80. The van der Waals surface area contributed by atoms with E-state index in [1.54, 1.807) is 15.6 Å². The molecule has 1 aliphatic rings. The first-order valence-electron chi connectivity index (χ1n) is 5.88. The normalized spacial score (nSPS) is 16.1. The Bertz CT molecular complexity index is 623. The van der Waals surface area contributed by atoms with Crippen LogP contribution in [0.5, 0.6) is 0 Å². The van der Waals surface area contributed by atoms with Crippen LogP contribution in [0.4, 0.5) is 10.6 Å². The summed E-state index contributed by atoms with van der Waals surface area (Å²) in [5, 5.41) is 4.37. The Hall–Kier alpha value is -1.28. The van der Waals surface area contributed by atoms with E-state index in [-0.39, 0.29) is 5.24 Å². The Labute approximate surface area is 123 Å². The van der Waals surface area contributed by atoms with Gasteiger partial charge in [0.25, 0.3) is 5.24 Å². The smallest absolute Gasteiger partial charge is 0.278 e. The third-order valence-corrected chi connectivity index (χ3v) is 4.00. The molecule has 0 bridgehead atoms. The van der Waals surface area contributed by atoms with E-state index in [1.165, 1.54) is 0 Å². The van der Waals surface area contributed by atoms with Gasteiger partial charge in [0, 0.05) is 26.2 Å². The molecule has 1 fully saturated rings. The van der Waals surface area contributed by atoms with Crippen molar-refractivity contribution in [3.63, 3.8) is 0 Å². The van der Waals surface area contributed by atoms with Gasteiger partial charge < -0.3 is 9.80 Å². The third kappa shape index (κ3) is 2.42. The van der Waals surface area contributed by atoms with Crippen molar-refractivity contribution in [2.45, 2.75) is 0 Å². The molecule has 2 aromatic heterocycles. The minimum absolute atomic E-state index is 0.166. The van der Waals surface area contributed by atoms with Gasteiger partial charge in [-0.2, -0.15) is 0 Å². The van der Waals surface area contributed by atoms with Crippen molar-refractivity contribution in [3.8, 4) is 0 Å². The second-order valence-corrected chi connectivity index (χ2v) is 5.49. The zero-order valence-corrected chi connectivity index (χ0v) is 12.5. The van der Waals surface area contributed by atoms with Gasteiger partial charge in [0.1, 0.15) is 10.4 Å². The molecule has 3 heterocycles. The van der Waals surface area contributed by atoms with Gasteiger partial charge in [0.15, 0.2) is 5.65 Å². The van der Waals surface area contributed by atoms with E-state index in [1.807, 2.05) is 12.1 Å². The molecule has 6 nitrogen and oxygen atoms in total. The van der Waals surface area contributed by atoms with Crippen LogP contribution >= 0.6 is 28.6 Å². The van der Waals surface area contributed by atoms with Gasteiger partial charge in [-0.1, -0.05) is 12.6 Å². The largest absolute Gasteiger partial charge is 0.352 e. The standard InChI is InChI=1S/C11H12BrN5OS/c12-8-7-13-9-1-2-10(14-17(8)9)15-3-5-16(6-4-15)11(18)19/h1-2,7H,3-6H2,(H,18,19). The van der Waals surface area contributed by atoms with Crippen LogP contribution in [0.3, 0.4) is 0 Å². The maximum absolute atomic E-state index is 11.2. The topological polar surface area (TPSA) is 53.7 Å². The lowest BCUT2D eigenvalue weighted by Gasteiger charge is -2.34. The molecular formula is C11H12BrN5OS. The second-order valence-electron chi connectivity index (χ2n) is 4.30. The van der Waals surface area contributed by atoms with E-state index in [0.29, 0.717) is 13.1 Å². The number of imidazole rings is 1. The minimum Gasteiger partial charge on any atom is -0.352 e. The highest BCUT2D eigenvalue weighted by Crippen LogP contribution is 2.17. The number of hydrogen-bond acceptors (Lipinski definition) is 4. The molecule has 0 spiro atoms. The molecule has 0 unspecified atom stereocenters. The summed E-state index contributed by atoms with van der Waals surface area (Å²) < 4.78 is 2.58. The number of piperazine rings is 1. The molecule has 3 rings (SSSR count). The van der Waals surface area contributed by atoms with Crippen molar-refractivity contribution in [1.29, 1.82) is 0 Å². The summed E-state index contributed by atoms with van der Waals surface area (Å²) in [4.78, 5) is 19.3. The van der Waals surface area contributed by atoms with Crippen molar-refractivity contribution in [1.82, 2.24) is 19.5 Å². The molecule has 100 valence electrons. The number of rotatable bonds is 1. The van der Waals surface area contributed by atoms with Gasteiger partial charge in [-0.05, 0) is 28.1 Å². The Kier molecular flexibility index (Phi) is 3.36. The molecule has 0 saturated carbocycles. The van der Waals surface area contributed by atoms with Crippen LogP contribution in [0, 0.1) is 0 Å². The highest BCUT2D eigenvalue weighted by atomic mass is 79.9. The number of aromatic nitrogens is 3. The fourth-order valence-corrected chi connectivity index (χ4v) is 2.69. The lowest BCUT2D eigenvalue weighted by Crippen LogP contribution is -2.47. The summed E-state index contributed by atoms with van der Waals surface area (Å²) in [6, 6.07) is 3.89.